The van der Waals surface area contributed by atoms with Crippen LogP contribution in [-0.2, 0) is 21.3 Å². The summed E-state index contributed by atoms with van der Waals surface area (Å²) in [6, 6.07) is 0. The minimum absolute atomic E-state index is 0.0591. The molecule has 2 rings (SSSR count). The van der Waals surface area contributed by atoms with Crippen molar-refractivity contribution in [3.63, 3.8) is 0 Å². The number of sulfonamides is 1. The number of aromatic nitrogens is 2. The Labute approximate surface area is 125 Å². The lowest BCUT2D eigenvalue weighted by Crippen LogP contribution is -2.35. The first-order valence-electron chi connectivity index (χ1n) is 7.21. The molecular weight excluding hydrogens is 294 g/mol. The van der Waals surface area contributed by atoms with Gasteiger partial charge in [-0.2, -0.15) is 5.10 Å². The van der Waals surface area contributed by atoms with Gasteiger partial charge in [0.2, 0.25) is 10.0 Å². The number of aliphatic hydroxyl groups excluding tert-OH is 1. The van der Waals surface area contributed by atoms with Crippen LogP contribution in [-0.4, -0.2) is 61.0 Å². The largest absolute Gasteiger partial charge is 0.396 e. The highest BCUT2D eigenvalue weighted by molar-refractivity contribution is 7.89. The third-order valence-electron chi connectivity index (χ3n) is 3.63. The summed E-state index contributed by atoms with van der Waals surface area (Å²) >= 11 is 0. The Morgan fingerprint density at radius 2 is 2.38 bits per heavy atom. The van der Waals surface area contributed by atoms with E-state index in [0.29, 0.717) is 26.1 Å². The van der Waals surface area contributed by atoms with Crippen molar-refractivity contribution in [2.75, 3.05) is 33.4 Å². The minimum Gasteiger partial charge on any atom is -0.396 e. The van der Waals surface area contributed by atoms with Gasteiger partial charge in [0.05, 0.1) is 12.8 Å². The maximum absolute atomic E-state index is 12.5. The summed E-state index contributed by atoms with van der Waals surface area (Å²) in [6.07, 6.45) is 5.41. The standard InChI is InChI=1S/C13H23N3O4S/c1-15(9-12-4-2-7-20-11-12)21(18,19)13-8-14-16(10-13)5-3-6-17/h8,10,12,17H,2-7,9,11H2,1H3. The van der Waals surface area contributed by atoms with Gasteiger partial charge in [0, 0.05) is 39.5 Å². The van der Waals surface area contributed by atoms with Crippen molar-refractivity contribution in [1.82, 2.24) is 14.1 Å². The van der Waals surface area contributed by atoms with E-state index in [1.807, 2.05) is 0 Å². The van der Waals surface area contributed by atoms with E-state index in [4.69, 9.17) is 9.84 Å². The normalized spacial score (nSPS) is 20.0. The van der Waals surface area contributed by atoms with Crippen molar-refractivity contribution in [2.24, 2.45) is 5.92 Å². The monoisotopic (exact) mass is 317 g/mol. The average Bonchev–Trinajstić information content (AvgIpc) is 2.95. The summed E-state index contributed by atoms with van der Waals surface area (Å²) in [5, 5.41) is 12.8. The summed E-state index contributed by atoms with van der Waals surface area (Å²) in [6.45, 7) is 2.42. The molecule has 1 unspecified atom stereocenters. The lowest BCUT2D eigenvalue weighted by atomic mass is 10.0. The summed E-state index contributed by atoms with van der Waals surface area (Å²) in [4.78, 5) is 0.194. The SMILES string of the molecule is CN(CC1CCCOC1)S(=O)(=O)c1cnn(CCCO)c1. The van der Waals surface area contributed by atoms with Crippen LogP contribution in [0.4, 0.5) is 0 Å². The lowest BCUT2D eigenvalue weighted by molar-refractivity contribution is 0.0495. The molecule has 2 heterocycles. The Balaban J connectivity index is 2.00. The fourth-order valence-electron chi connectivity index (χ4n) is 2.43. The van der Waals surface area contributed by atoms with Crippen LogP contribution in [0.25, 0.3) is 0 Å². The van der Waals surface area contributed by atoms with Crippen LogP contribution in [0.15, 0.2) is 17.3 Å². The third-order valence-corrected chi connectivity index (χ3v) is 5.41. The number of nitrogens with zero attached hydrogens (tertiary/aromatic N) is 3. The predicted octanol–water partition coefficient (Wildman–Crippen LogP) is 0.313. The highest BCUT2D eigenvalue weighted by Crippen LogP contribution is 2.19. The molecule has 0 aromatic carbocycles. The molecule has 0 amide bonds. The predicted molar refractivity (Wildman–Crippen MR) is 77.3 cm³/mol. The molecule has 0 bridgehead atoms. The van der Waals surface area contributed by atoms with Gasteiger partial charge >= 0.3 is 0 Å². The Kier molecular flexibility index (Phi) is 5.74. The maximum Gasteiger partial charge on any atom is 0.245 e. The van der Waals surface area contributed by atoms with Gasteiger partial charge in [-0.05, 0) is 25.2 Å². The van der Waals surface area contributed by atoms with E-state index in [1.165, 1.54) is 16.7 Å². The highest BCUT2D eigenvalue weighted by Gasteiger charge is 2.26. The van der Waals surface area contributed by atoms with Crippen molar-refractivity contribution >= 4 is 10.0 Å². The van der Waals surface area contributed by atoms with Crippen molar-refractivity contribution in [3.8, 4) is 0 Å². The van der Waals surface area contributed by atoms with Crippen LogP contribution >= 0.6 is 0 Å². The molecular formula is C13H23N3O4S. The van der Waals surface area contributed by atoms with Gasteiger partial charge in [-0.25, -0.2) is 12.7 Å². The second-order valence-electron chi connectivity index (χ2n) is 5.38. The van der Waals surface area contributed by atoms with Crippen LogP contribution in [0.5, 0.6) is 0 Å². The van der Waals surface area contributed by atoms with E-state index in [0.717, 1.165) is 19.4 Å². The van der Waals surface area contributed by atoms with Gasteiger partial charge in [0.1, 0.15) is 4.90 Å². The summed E-state index contributed by atoms with van der Waals surface area (Å²) in [5.41, 5.74) is 0. The highest BCUT2D eigenvalue weighted by atomic mass is 32.2. The average molecular weight is 317 g/mol. The van der Waals surface area contributed by atoms with Crippen LogP contribution in [0.2, 0.25) is 0 Å². The van der Waals surface area contributed by atoms with Gasteiger partial charge in [-0.15, -0.1) is 0 Å². The zero-order valence-corrected chi connectivity index (χ0v) is 13.1. The molecule has 0 saturated carbocycles. The first-order chi connectivity index (χ1) is 10.0. The quantitative estimate of drug-likeness (QED) is 0.782. The molecule has 0 aliphatic carbocycles. The molecule has 1 aromatic rings. The van der Waals surface area contributed by atoms with Crippen molar-refractivity contribution in [2.45, 2.75) is 30.7 Å². The molecule has 7 nitrogen and oxygen atoms in total. The third kappa shape index (κ3) is 4.26. The van der Waals surface area contributed by atoms with E-state index >= 15 is 0 Å². The fraction of sp³-hybridized carbons (Fsp3) is 0.769. The Bertz CT molecular complexity index is 537. The molecule has 1 fully saturated rings. The number of aryl methyl sites for hydroxylation is 1. The first kappa shape index (κ1) is 16.4. The van der Waals surface area contributed by atoms with Gasteiger partial charge in [0.15, 0.2) is 0 Å². The maximum atomic E-state index is 12.5. The summed E-state index contributed by atoms with van der Waals surface area (Å²) in [7, 11) is -1.92. The van der Waals surface area contributed by atoms with E-state index in [9.17, 15) is 8.42 Å². The van der Waals surface area contributed by atoms with E-state index in [-0.39, 0.29) is 17.4 Å². The lowest BCUT2D eigenvalue weighted by Gasteiger charge is -2.26. The van der Waals surface area contributed by atoms with Crippen LogP contribution in [0.1, 0.15) is 19.3 Å². The Hall–Kier alpha value is -0.960. The van der Waals surface area contributed by atoms with Crippen LogP contribution in [0.3, 0.4) is 0 Å². The molecule has 8 heteroatoms. The van der Waals surface area contributed by atoms with E-state index in [1.54, 1.807) is 11.7 Å². The first-order valence-corrected chi connectivity index (χ1v) is 8.65. The Morgan fingerprint density at radius 3 is 3.05 bits per heavy atom. The van der Waals surface area contributed by atoms with E-state index < -0.39 is 10.0 Å². The minimum atomic E-state index is -3.51. The number of ether oxygens (including phenoxy) is 1. The van der Waals surface area contributed by atoms with Crippen LogP contribution < -0.4 is 0 Å². The number of aliphatic hydroxyl groups is 1. The zero-order chi connectivity index (χ0) is 15.3. The Morgan fingerprint density at radius 1 is 1.57 bits per heavy atom. The molecule has 21 heavy (non-hydrogen) atoms. The number of hydrogen-bond donors (Lipinski definition) is 1. The molecule has 1 aromatic heterocycles. The topological polar surface area (TPSA) is 84.7 Å². The molecule has 1 saturated heterocycles. The summed E-state index contributed by atoms with van der Waals surface area (Å²) < 4.78 is 33.3. The molecule has 0 spiro atoms. The number of rotatable bonds is 7. The van der Waals surface area contributed by atoms with Gasteiger partial charge in [-0.1, -0.05) is 0 Å². The zero-order valence-electron chi connectivity index (χ0n) is 12.3. The van der Waals surface area contributed by atoms with Crippen molar-refractivity contribution in [3.05, 3.63) is 12.4 Å². The van der Waals surface area contributed by atoms with Gasteiger partial charge in [-0.3, -0.25) is 4.68 Å². The molecule has 1 N–H and O–H groups in total. The van der Waals surface area contributed by atoms with Crippen molar-refractivity contribution < 1.29 is 18.3 Å². The molecule has 0 radical (unpaired) electrons. The van der Waals surface area contributed by atoms with E-state index in [2.05, 4.69) is 5.10 Å². The van der Waals surface area contributed by atoms with Gasteiger partial charge in [0.25, 0.3) is 0 Å². The second-order valence-corrected chi connectivity index (χ2v) is 7.43. The summed E-state index contributed by atoms with van der Waals surface area (Å²) in [5.74, 6) is 0.253. The fourth-order valence-corrected chi connectivity index (χ4v) is 3.63. The molecule has 1 atom stereocenters. The molecule has 120 valence electrons. The van der Waals surface area contributed by atoms with Crippen molar-refractivity contribution in [1.29, 1.82) is 0 Å². The molecule has 1 aliphatic rings. The molecule has 1 aliphatic heterocycles. The number of hydrogen-bond acceptors (Lipinski definition) is 5. The van der Waals surface area contributed by atoms with Gasteiger partial charge < -0.3 is 9.84 Å². The second kappa shape index (κ2) is 7.35. The smallest absolute Gasteiger partial charge is 0.245 e. The van der Waals surface area contributed by atoms with Crippen LogP contribution in [0, 0.1) is 5.92 Å².